The van der Waals surface area contributed by atoms with Gasteiger partial charge in [0.2, 0.25) is 0 Å². The smallest absolute Gasteiger partial charge is 0.0949 e. The lowest BCUT2D eigenvalue weighted by Gasteiger charge is -2.18. The van der Waals surface area contributed by atoms with Gasteiger partial charge in [0.1, 0.15) is 0 Å². The standard InChI is InChI=1S/C16H21BrN2S/c1-5-18-15(9-16-19-11(3)12(4)20-16)13-6-10(2)7-14(17)8-13/h6-8,15,18H,5,9H2,1-4H3. The highest BCUT2D eigenvalue weighted by Gasteiger charge is 2.15. The summed E-state index contributed by atoms with van der Waals surface area (Å²) in [5.74, 6) is 0. The third kappa shape index (κ3) is 3.90. The molecular weight excluding hydrogens is 332 g/mol. The minimum absolute atomic E-state index is 0.321. The van der Waals surface area contributed by atoms with Crippen molar-refractivity contribution in [1.29, 1.82) is 0 Å². The second-order valence-corrected chi connectivity index (χ2v) is 7.33. The van der Waals surface area contributed by atoms with Crippen LogP contribution in [-0.2, 0) is 6.42 Å². The third-order valence-electron chi connectivity index (χ3n) is 3.37. The molecule has 0 amide bonds. The highest BCUT2D eigenvalue weighted by atomic mass is 79.9. The molecular formula is C16H21BrN2S. The summed E-state index contributed by atoms with van der Waals surface area (Å²) in [4.78, 5) is 5.99. The van der Waals surface area contributed by atoms with Gasteiger partial charge in [-0.25, -0.2) is 4.98 Å². The fraction of sp³-hybridized carbons (Fsp3) is 0.438. The average Bonchev–Trinajstić information content (AvgIpc) is 2.66. The van der Waals surface area contributed by atoms with E-state index in [1.165, 1.54) is 21.0 Å². The van der Waals surface area contributed by atoms with E-state index in [9.17, 15) is 0 Å². The fourth-order valence-corrected chi connectivity index (χ4v) is 3.93. The molecule has 1 heterocycles. The van der Waals surface area contributed by atoms with Gasteiger partial charge < -0.3 is 5.32 Å². The Labute approximate surface area is 133 Å². The van der Waals surface area contributed by atoms with Crippen molar-refractivity contribution in [3.63, 3.8) is 0 Å². The van der Waals surface area contributed by atoms with E-state index < -0.39 is 0 Å². The van der Waals surface area contributed by atoms with E-state index >= 15 is 0 Å². The molecule has 0 fully saturated rings. The van der Waals surface area contributed by atoms with Crippen LogP contribution in [0.15, 0.2) is 22.7 Å². The lowest BCUT2D eigenvalue weighted by atomic mass is 10.0. The zero-order chi connectivity index (χ0) is 14.7. The molecule has 2 rings (SSSR count). The Morgan fingerprint density at radius 2 is 2.00 bits per heavy atom. The molecule has 1 aromatic heterocycles. The highest BCUT2D eigenvalue weighted by Crippen LogP contribution is 2.26. The van der Waals surface area contributed by atoms with E-state index in [-0.39, 0.29) is 0 Å². The maximum atomic E-state index is 4.67. The molecule has 1 N–H and O–H groups in total. The summed E-state index contributed by atoms with van der Waals surface area (Å²) in [5.41, 5.74) is 3.76. The van der Waals surface area contributed by atoms with Gasteiger partial charge in [-0.3, -0.25) is 0 Å². The number of aryl methyl sites for hydroxylation is 3. The number of likely N-dealkylation sites (N-methyl/N-ethyl adjacent to an activating group) is 1. The number of benzene rings is 1. The van der Waals surface area contributed by atoms with Gasteiger partial charge in [-0.2, -0.15) is 0 Å². The van der Waals surface area contributed by atoms with Crippen molar-refractivity contribution < 1.29 is 0 Å². The van der Waals surface area contributed by atoms with Crippen molar-refractivity contribution in [2.24, 2.45) is 0 Å². The molecule has 1 atom stereocenters. The van der Waals surface area contributed by atoms with Gasteiger partial charge in [0.25, 0.3) is 0 Å². The molecule has 20 heavy (non-hydrogen) atoms. The number of aromatic nitrogens is 1. The van der Waals surface area contributed by atoms with E-state index in [4.69, 9.17) is 0 Å². The van der Waals surface area contributed by atoms with Crippen LogP contribution in [0.2, 0.25) is 0 Å². The number of hydrogen-bond donors (Lipinski definition) is 1. The lowest BCUT2D eigenvalue weighted by Crippen LogP contribution is -2.23. The molecule has 0 spiro atoms. The SMILES string of the molecule is CCNC(Cc1nc(C)c(C)s1)c1cc(C)cc(Br)c1. The molecule has 0 aliphatic carbocycles. The molecule has 2 nitrogen and oxygen atoms in total. The van der Waals surface area contributed by atoms with Crippen LogP contribution in [0.4, 0.5) is 0 Å². The quantitative estimate of drug-likeness (QED) is 0.841. The van der Waals surface area contributed by atoms with Crippen molar-refractivity contribution >= 4 is 27.3 Å². The van der Waals surface area contributed by atoms with Gasteiger partial charge in [-0.15, -0.1) is 11.3 Å². The molecule has 4 heteroatoms. The highest BCUT2D eigenvalue weighted by molar-refractivity contribution is 9.10. The van der Waals surface area contributed by atoms with Gasteiger partial charge in [0.15, 0.2) is 0 Å². The molecule has 0 aliphatic heterocycles. The Morgan fingerprint density at radius 3 is 2.55 bits per heavy atom. The van der Waals surface area contributed by atoms with Gasteiger partial charge in [-0.05, 0) is 50.6 Å². The monoisotopic (exact) mass is 352 g/mol. The maximum absolute atomic E-state index is 4.67. The van der Waals surface area contributed by atoms with Crippen LogP contribution < -0.4 is 5.32 Å². The molecule has 0 radical (unpaired) electrons. The summed E-state index contributed by atoms with van der Waals surface area (Å²) in [6.45, 7) is 9.47. The number of hydrogen-bond acceptors (Lipinski definition) is 3. The van der Waals surface area contributed by atoms with Gasteiger partial charge >= 0.3 is 0 Å². The van der Waals surface area contributed by atoms with E-state index in [1.54, 1.807) is 0 Å². The number of nitrogens with zero attached hydrogens (tertiary/aromatic N) is 1. The Bertz CT molecular complexity index is 552. The first-order valence-corrected chi connectivity index (χ1v) is 8.54. The van der Waals surface area contributed by atoms with Crippen molar-refractivity contribution in [1.82, 2.24) is 10.3 Å². The third-order valence-corrected chi connectivity index (χ3v) is 4.92. The van der Waals surface area contributed by atoms with Crippen molar-refractivity contribution in [3.05, 3.63) is 49.4 Å². The Kier molecular flexibility index (Phi) is 5.35. The first-order chi connectivity index (χ1) is 9.49. The van der Waals surface area contributed by atoms with Crippen LogP contribution in [-0.4, -0.2) is 11.5 Å². The lowest BCUT2D eigenvalue weighted by molar-refractivity contribution is 0.548. The summed E-state index contributed by atoms with van der Waals surface area (Å²) < 4.78 is 1.14. The molecule has 1 aromatic carbocycles. The second-order valence-electron chi connectivity index (χ2n) is 5.13. The summed E-state index contributed by atoms with van der Waals surface area (Å²) >= 11 is 5.40. The molecule has 0 saturated carbocycles. The molecule has 108 valence electrons. The van der Waals surface area contributed by atoms with Crippen LogP contribution in [0.1, 0.15) is 39.7 Å². The first kappa shape index (κ1) is 15.7. The zero-order valence-corrected chi connectivity index (χ0v) is 14.9. The topological polar surface area (TPSA) is 24.9 Å². The Hall–Kier alpha value is -0.710. The van der Waals surface area contributed by atoms with Gasteiger partial charge in [0.05, 0.1) is 10.7 Å². The second kappa shape index (κ2) is 6.83. The van der Waals surface area contributed by atoms with Gasteiger partial charge in [-0.1, -0.05) is 28.9 Å². The normalized spacial score (nSPS) is 12.7. The minimum Gasteiger partial charge on any atom is -0.310 e. The molecule has 0 saturated heterocycles. The fourth-order valence-electron chi connectivity index (χ4n) is 2.32. The molecule has 2 aromatic rings. The Balaban J connectivity index is 2.26. The predicted molar refractivity (Wildman–Crippen MR) is 90.6 cm³/mol. The number of nitrogens with one attached hydrogen (secondary N) is 1. The van der Waals surface area contributed by atoms with Crippen LogP contribution >= 0.6 is 27.3 Å². The zero-order valence-electron chi connectivity index (χ0n) is 12.5. The first-order valence-electron chi connectivity index (χ1n) is 6.93. The molecule has 1 unspecified atom stereocenters. The average molecular weight is 353 g/mol. The van der Waals surface area contributed by atoms with E-state index in [0.717, 1.165) is 23.1 Å². The Morgan fingerprint density at radius 1 is 1.25 bits per heavy atom. The van der Waals surface area contributed by atoms with Crippen molar-refractivity contribution in [2.45, 2.75) is 40.2 Å². The van der Waals surface area contributed by atoms with Gasteiger partial charge in [0, 0.05) is 21.8 Å². The summed E-state index contributed by atoms with van der Waals surface area (Å²) in [5, 5.41) is 4.79. The maximum Gasteiger partial charge on any atom is 0.0949 e. The van der Waals surface area contributed by atoms with Crippen LogP contribution in [0.5, 0.6) is 0 Å². The van der Waals surface area contributed by atoms with Crippen LogP contribution in [0.3, 0.4) is 0 Å². The molecule has 0 bridgehead atoms. The van der Waals surface area contributed by atoms with E-state index in [1.807, 2.05) is 11.3 Å². The largest absolute Gasteiger partial charge is 0.310 e. The number of rotatable bonds is 5. The van der Waals surface area contributed by atoms with Crippen molar-refractivity contribution in [2.75, 3.05) is 6.54 Å². The predicted octanol–water partition coefficient (Wildman–Crippen LogP) is 4.72. The van der Waals surface area contributed by atoms with Crippen LogP contribution in [0.25, 0.3) is 0 Å². The summed E-state index contributed by atoms with van der Waals surface area (Å²) in [6.07, 6.45) is 0.947. The number of thiazole rings is 1. The number of halogens is 1. The van der Waals surface area contributed by atoms with E-state index in [2.05, 4.69) is 72.1 Å². The minimum atomic E-state index is 0.321. The molecule has 0 aliphatic rings. The summed E-state index contributed by atoms with van der Waals surface area (Å²) in [6, 6.07) is 6.92. The van der Waals surface area contributed by atoms with Crippen LogP contribution in [0, 0.1) is 20.8 Å². The van der Waals surface area contributed by atoms with E-state index in [0.29, 0.717) is 6.04 Å². The summed E-state index contributed by atoms with van der Waals surface area (Å²) in [7, 11) is 0. The van der Waals surface area contributed by atoms with Crippen molar-refractivity contribution in [3.8, 4) is 0 Å².